The van der Waals surface area contributed by atoms with Crippen molar-refractivity contribution in [2.75, 3.05) is 13.2 Å². The van der Waals surface area contributed by atoms with Crippen LogP contribution in [0.5, 0.6) is 17.2 Å². The summed E-state index contributed by atoms with van der Waals surface area (Å²) in [6.07, 6.45) is 13.3. The molecule has 0 saturated heterocycles. The summed E-state index contributed by atoms with van der Waals surface area (Å²) in [5.41, 5.74) is 0.353. The first-order valence-electron chi connectivity index (χ1n) is 14.4. The molecule has 2 aromatic rings. The number of carbonyl (C=O) groups excluding carboxylic acids is 2. The Bertz CT molecular complexity index is 907. The van der Waals surface area contributed by atoms with Crippen LogP contribution in [0.2, 0.25) is 0 Å². The number of ether oxygens (including phenoxy) is 4. The first-order valence-corrected chi connectivity index (χ1v) is 14.4. The lowest BCUT2D eigenvalue weighted by atomic mass is 10.0. The van der Waals surface area contributed by atoms with Crippen LogP contribution in [-0.4, -0.2) is 25.3 Å². The summed E-state index contributed by atoms with van der Waals surface area (Å²) in [6.45, 7) is 7.76. The van der Waals surface area contributed by atoms with Crippen molar-refractivity contribution in [1.29, 1.82) is 0 Å². The number of hydrogen-bond acceptors (Lipinski definition) is 6. The summed E-state index contributed by atoms with van der Waals surface area (Å²) in [4.78, 5) is 24.4. The minimum absolute atomic E-state index is 0.312. The molecule has 0 aliphatic carbocycles. The second-order valence-corrected chi connectivity index (χ2v) is 9.92. The van der Waals surface area contributed by atoms with Crippen molar-refractivity contribution in [3.63, 3.8) is 0 Å². The Hall–Kier alpha value is -3.02. The number of carbonyl (C=O) groups is 2. The van der Waals surface area contributed by atoms with Crippen LogP contribution in [0.4, 0.5) is 4.79 Å². The second-order valence-electron chi connectivity index (χ2n) is 9.92. The fourth-order valence-electron chi connectivity index (χ4n) is 3.94. The molecule has 0 heterocycles. The molecule has 1 atom stereocenters. The minimum atomic E-state index is -0.736. The largest absolute Gasteiger partial charge is 0.513 e. The molecule has 2 rings (SSSR count). The summed E-state index contributed by atoms with van der Waals surface area (Å²) in [7, 11) is 0. The Balaban J connectivity index is 1.64. The van der Waals surface area contributed by atoms with Crippen LogP contribution in [0.3, 0.4) is 0 Å². The van der Waals surface area contributed by atoms with Gasteiger partial charge in [0.1, 0.15) is 17.2 Å². The second kappa shape index (κ2) is 19.1. The zero-order chi connectivity index (χ0) is 27.4. The predicted octanol–water partition coefficient (Wildman–Crippen LogP) is 9.16. The monoisotopic (exact) mass is 526 g/mol. The van der Waals surface area contributed by atoms with Gasteiger partial charge in [0.25, 0.3) is 0 Å². The third-order valence-corrected chi connectivity index (χ3v) is 6.60. The molecular formula is C32H46O6. The molecule has 0 aromatic heterocycles. The summed E-state index contributed by atoms with van der Waals surface area (Å²) in [6, 6.07) is 13.2. The standard InChI is InChI=1S/C32H46O6/c1-4-6-7-8-9-10-13-25-36-32(34)38-30-18-16-27(17-19-30)31(33)37-29-22-20-28(21-23-29)35-24-14-11-12-15-26(3)5-2/h16-23,26H,4-15,24-25H2,1-3H3. The molecule has 6 heteroatoms. The van der Waals surface area contributed by atoms with Crippen molar-refractivity contribution in [3.05, 3.63) is 54.1 Å². The third-order valence-electron chi connectivity index (χ3n) is 6.60. The van der Waals surface area contributed by atoms with Gasteiger partial charge in [-0.25, -0.2) is 9.59 Å². The van der Waals surface area contributed by atoms with E-state index in [-0.39, 0.29) is 0 Å². The lowest BCUT2D eigenvalue weighted by Crippen LogP contribution is -2.12. The predicted molar refractivity (Wildman–Crippen MR) is 151 cm³/mol. The number of rotatable bonds is 19. The van der Waals surface area contributed by atoms with Gasteiger partial charge < -0.3 is 18.9 Å². The lowest BCUT2D eigenvalue weighted by molar-refractivity contribution is 0.0734. The van der Waals surface area contributed by atoms with Crippen molar-refractivity contribution in [1.82, 2.24) is 0 Å². The summed E-state index contributed by atoms with van der Waals surface area (Å²) < 4.78 is 21.6. The van der Waals surface area contributed by atoms with Gasteiger partial charge in [-0.15, -0.1) is 0 Å². The van der Waals surface area contributed by atoms with Crippen LogP contribution in [0.15, 0.2) is 48.5 Å². The van der Waals surface area contributed by atoms with Crippen molar-refractivity contribution < 1.29 is 28.5 Å². The minimum Gasteiger partial charge on any atom is -0.494 e. The fraction of sp³-hybridized carbons (Fsp3) is 0.562. The molecule has 38 heavy (non-hydrogen) atoms. The molecular weight excluding hydrogens is 480 g/mol. The van der Waals surface area contributed by atoms with Gasteiger partial charge in [-0.2, -0.15) is 0 Å². The van der Waals surface area contributed by atoms with Crippen molar-refractivity contribution >= 4 is 12.1 Å². The summed E-state index contributed by atoms with van der Waals surface area (Å²) in [5.74, 6) is 1.81. The molecule has 0 aliphatic rings. The average Bonchev–Trinajstić information content (AvgIpc) is 2.93. The normalized spacial score (nSPS) is 11.6. The van der Waals surface area contributed by atoms with E-state index in [1.807, 2.05) is 0 Å². The highest BCUT2D eigenvalue weighted by Crippen LogP contribution is 2.21. The van der Waals surface area contributed by atoms with Crippen LogP contribution < -0.4 is 14.2 Å². The zero-order valence-corrected chi connectivity index (χ0v) is 23.5. The molecule has 0 aliphatic heterocycles. The van der Waals surface area contributed by atoms with Gasteiger partial charge in [0, 0.05) is 0 Å². The summed E-state index contributed by atoms with van der Waals surface area (Å²) >= 11 is 0. The van der Waals surface area contributed by atoms with Crippen LogP contribution in [-0.2, 0) is 4.74 Å². The Morgan fingerprint density at radius 2 is 1.21 bits per heavy atom. The van der Waals surface area contributed by atoms with E-state index < -0.39 is 12.1 Å². The SMILES string of the molecule is CCCCCCCCCOC(=O)Oc1ccc(C(=O)Oc2ccc(OCCCCCC(C)CC)cc2)cc1. The molecule has 0 amide bonds. The van der Waals surface area contributed by atoms with Gasteiger partial charge in [-0.05, 0) is 67.3 Å². The van der Waals surface area contributed by atoms with Gasteiger partial charge >= 0.3 is 12.1 Å². The molecule has 2 aromatic carbocycles. The van der Waals surface area contributed by atoms with Gasteiger partial charge in [0.2, 0.25) is 0 Å². The lowest BCUT2D eigenvalue weighted by Gasteiger charge is -2.09. The van der Waals surface area contributed by atoms with E-state index in [1.165, 1.54) is 51.4 Å². The number of unbranched alkanes of at least 4 members (excludes halogenated alkanes) is 8. The maximum Gasteiger partial charge on any atom is 0.513 e. The molecule has 0 fully saturated rings. The molecule has 0 spiro atoms. The Morgan fingerprint density at radius 3 is 1.89 bits per heavy atom. The van der Waals surface area contributed by atoms with E-state index in [0.29, 0.717) is 30.3 Å². The number of benzene rings is 2. The molecule has 0 saturated carbocycles. The van der Waals surface area contributed by atoms with Crippen LogP contribution in [0.25, 0.3) is 0 Å². The topological polar surface area (TPSA) is 71.1 Å². The van der Waals surface area contributed by atoms with Gasteiger partial charge in [0.05, 0.1) is 18.8 Å². The smallest absolute Gasteiger partial charge is 0.494 e. The van der Waals surface area contributed by atoms with Crippen LogP contribution in [0, 0.1) is 5.92 Å². The van der Waals surface area contributed by atoms with Crippen molar-refractivity contribution in [2.45, 2.75) is 97.8 Å². The van der Waals surface area contributed by atoms with Gasteiger partial charge in [0.15, 0.2) is 0 Å². The molecule has 0 N–H and O–H groups in total. The van der Waals surface area contributed by atoms with E-state index in [4.69, 9.17) is 18.9 Å². The van der Waals surface area contributed by atoms with Crippen LogP contribution >= 0.6 is 0 Å². The maximum absolute atomic E-state index is 12.5. The van der Waals surface area contributed by atoms with Gasteiger partial charge in [-0.3, -0.25) is 0 Å². The Kier molecular flexibility index (Phi) is 15.7. The first kappa shape index (κ1) is 31.2. The average molecular weight is 527 g/mol. The van der Waals surface area contributed by atoms with E-state index in [1.54, 1.807) is 48.5 Å². The van der Waals surface area contributed by atoms with Gasteiger partial charge in [-0.1, -0.05) is 85.0 Å². The fourth-order valence-corrected chi connectivity index (χ4v) is 3.94. The Morgan fingerprint density at radius 1 is 0.658 bits per heavy atom. The quantitative estimate of drug-likeness (QED) is 0.0786. The van der Waals surface area contributed by atoms with E-state index in [9.17, 15) is 9.59 Å². The van der Waals surface area contributed by atoms with Crippen molar-refractivity contribution in [2.24, 2.45) is 5.92 Å². The number of hydrogen-bond donors (Lipinski definition) is 0. The molecule has 0 radical (unpaired) electrons. The maximum atomic E-state index is 12.5. The van der Waals surface area contributed by atoms with E-state index in [2.05, 4.69) is 20.8 Å². The third kappa shape index (κ3) is 13.5. The molecule has 0 bridgehead atoms. The highest BCUT2D eigenvalue weighted by atomic mass is 16.7. The molecule has 6 nitrogen and oxygen atoms in total. The van der Waals surface area contributed by atoms with E-state index in [0.717, 1.165) is 37.4 Å². The zero-order valence-electron chi connectivity index (χ0n) is 23.5. The summed E-state index contributed by atoms with van der Waals surface area (Å²) in [5, 5.41) is 0. The number of esters is 1. The highest BCUT2D eigenvalue weighted by molar-refractivity contribution is 5.91. The first-order chi connectivity index (χ1) is 18.5. The van der Waals surface area contributed by atoms with Crippen LogP contribution in [0.1, 0.15) is 108 Å². The van der Waals surface area contributed by atoms with E-state index >= 15 is 0 Å². The van der Waals surface area contributed by atoms with Crippen molar-refractivity contribution in [3.8, 4) is 17.2 Å². The highest BCUT2D eigenvalue weighted by Gasteiger charge is 2.11. The molecule has 210 valence electrons. The Labute approximate surface area is 229 Å². The molecule has 1 unspecified atom stereocenters.